The lowest BCUT2D eigenvalue weighted by Gasteiger charge is -2.57. The van der Waals surface area contributed by atoms with Crippen LogP contribution in [0.2, 0.25) is 0 Å². The lowest BCUT2D eigenvalue weighted by Crippen LogP contribution is -2.57. The second-order valence-corrected chi connectivity index (χ2v) is 15.6. The van der Waals surface area contributed by atoms with Crippen molar-refractivity contribution in [3.05, 3.63) is 119 Å². The first kappa shape index (κ1) is 34.8. The zero-order valence-corrected chi connectivity index (χ0v) is 31.1. The normalized spacial score (nSPS) is 24.2. The molecule has 4 aromatic carbocycles. The molecular formula is C44H43N3O5S. The van der Waals surface area contributed by atoms with Crippen molar-refractivity contribution in [1.29, 1.82) is 0 Å². The molecule has 4 bridgehead atoms. The molecule has 3 amide bonds. The maximum Gasteiger partial charge on any atom is 0.270 e. The fraction of sp³-hybridized carbons (Fsp3) is 0.318. The Labute approximate surface area is 315 Å². The van der Waals surface area contributed by atoms with Crippen LogP contribution in [0, 0.1) is 31.6 Å². The van der Waals surface area contributed by atoms with Crippen LogP contribution in [0.1, 0.15) is 60.8 Å². The number of anilines is 3. The van der Waals surface area contributed by atoms with Crippen LogP contribution in [0.15, 0.2) is 96.6 Å². The van der Waals surface area contributed by atoms with Crippen LogP contribution in [0.4, 0.5) is 17.1 Å². The number of carbonyl (C=O) groups is 3. The van der Waals surface area contributed by atoms with Gasteiger partial charge in [0, 0.05) is 5.69 Å². The Bertz CT molecular complexity index is 2110. The van der Waals surface area contributed by atoms with E-state index in [-0.39, 0.29) is 23.2 Å². The molecule has 1 N–H and O–H groups in total. The number of nitrogens with zero attached hydrogens (tertiary/aromatic N) is 2. The Kier molecular flexibility index (Phi) is 9.15. The predicted octanol–water partition coefficient (Wildman–Crippen LogP) is 8.55. The highest BCUT2D eigenvalue weighted by atomic mass is 32.1. The number of carbonyl (C=O) groups excluding carboxylic acids is 3. The van der Waals surface area contributed by atoms with Gasteiger partial charge in [-0.25, -0.2) is 0 Å². The number of hydrogen-bond acceptors (Lipinski definition) is 6. The van der Waals surface area contributed by atoms with E-state index in [0.29, 0.717) is 33.9 Å². The molecule has 4 aliphatic carbocycles. The van der Waals surface area contributed by atoms with Gasteiger partial charge < -0.3 is 14.8 Å². The van der Waals surface area contributed by atoms with Gasteiger partial charge in [-0.2, -0.15) is 0 Å². The molecule has 4 aromatic rings. The smallest absolute Gasteiger partial charge is 0.270 e. The van der Waals surface area contributed by atoms with Crippen molar-refractivity contribution in [3.63, 3.8) is 0 Å². The fourth-order valence-corrected chi connectivity index (χ4v) is 9.77. The first-order valence-corrected chi connectivity index (χ1v) is 18.8. The summed E-state index contributed by atoms with van der Waals surface area (Å²) in [6.45, 7) is 3.74. The van der Waals surface area contributed by atoms with Gasteiger partial charge in [0.2, 0.25) is 0 Å². The number of hydrogen-bond donors (Lipinski definition) is 1. The molecule has 4 saturated carbocycles. The quantitative estimate of drug-likeness (QED) is 0.106. The van der Waals surface area contributed by atoms with E-state index in [2.05, 4.69) is 17.4 Å². The van der Waals surface area contributed by atoms with E-state index in [1.807, 2.05) is 62.4 Å². The predicted molar refractivity (Wildman–Crippen MR) is 211 cm³/mol. The minimum atomic E-state index is -0.534. The number of thiocarbonyl (C=S) groups is 1. The Morgan fingerprint density at radius 3 is 2.06 bits per heavy atom. The van der Waals surface area contributed by atoms with Gasteiger partial charge in [0.15, 0.2) is 23.2 Å². The van der Waals surface area contributed by atoms with Gasteiger partial charge in [-0.05, 0) is 165 Å². The molecule has 1 saturated heterocycles. The molecule has 9 rings (SSSR count). The molecule has 5 fully saturated rings. The number of ether oxygens (including phenoxy) is 2. The molecule has 0 radical (unpaired) electrons. The van der Waals surface area contributed by atoms with E-state index >= 15 is 0 Å². The summed E-state index contributed by atoms with van der Waals surface area (Å²) in [5, 5.41) is 3.04. The molecule has 270 valence electrons. The number of aryl methyl sites for hydroxylation is 2. The SMILES string of the molecule is COc1cc(/C=C2\C(=O)N(c3ccccc3)C(=S)N(c3ccc(C)c(C)c3)C2=O)ccc1OCC(=O)Nc1ccc(C23CC4CC(CC(C4)C2)C3)cc1. The highest BCUT2D eigenvalue weighted by Crippen LogP contribution is 2.60. The van der Waals surface area contributed by atoms with Gasteiger partial charge in [0.1, 0.15) is 5.57 Å². The summed E-state index contributed by atoms with van der Waals surface area (Å²) in [5.74, 6) is 1.98. The summed E-state index contributed by atoms with van der Waals surface area (Å²) < 4.78 is 11.5. The molecular weight excluding hydrogens is 683 g/mol. The van der Waals surface area contributed by atoms with Crippen molar-refractivity contribution in [2.24, 2.45) is 17.8 Å². The number of rotatable bonds is 9. The number of amides is 3. The Hall–Kier alpha value is -5.28. The van der Waals surface area contributed by atoms with Gasteiger partial charge in [-0.15, -0.1) is 0 Å². The minimum Gasteiger partial charge on any atom is -0.493 e. The third kappa shape index (κ3) is 6.63. The molecule has 0 atom stereocenters. The van der Waals surface area contributed by atoms with Crippen LogP contribution >= 0.6 is 12.2 Å². The standard InChI is InChI=1S/C44H43N3O5S/c1-27-9-15-36(17-28(27)2)47-42(50)37(41(49)46(43(47)53)35-7-5-4-6-8-35)21-29-10-16-38(39(22-29)51-3)52-26-40(48)45-34-13-11-33(12-14-34)44-23-30-18-31(24-44)20-32(19-30)25-44/h4-17,21-22,30-32H,18-20,23-26H2,1-3H3,(H,45,48)/b37-21+. The van der Waals surface area contributed by atoms with Crippen LogP contribution in [0.25, 0.3) is 6.08 Å². The monoisotopic (exact) mass is 725 g/mol. The zero-order chi connectivity index (χ0) is 36.9. The second-order valence-electron chi connectivity index (χ2n) is 15.2. The molecule has 0 spiro atoms. The van der Waals surface area contributed by atoms with Gasteiger partial charge in [-0.1, -0.05) is 42.5 Å². The summed E-state index contributed by atoms with van der Waals surface area (Å²) in [4.78, 5) is 43.8. The van der Waals surface area contributed by atoms with Crippen molar-refractivity contribution >= 4 is 58.2 Å². The zero-order valence-electron chi connectivity index (χ0n) is 30.3. The Morgan fingerprint density at radius 1 is 0.792 bits per heavy atom. The number of methoxy groups -OCH3 is 1. The van der Waals surface area contributed by atoms with Crippen molar-refractivity contribution in [2.75, 3.05) is 28.8 Å². The highest BCUT2D eigenvalue weighted by molar-refractivity contribution is 7.81. The average Bonchev–Trinajstić information content (AvgIpc) is 3.14. The molecule has 5 aliphatic rings. The first-order chi connectivity index (χ1) is 25.6. The Morgan fingerprint density at radius 2 is 1.43 bits per heavy atom. The molecule has 1 aliphatic heterocycles. The van der Waals surface area contributed by atoms with E-state index in [9.17, 15) is 14.4 Å². The van der Waals surface area contributed by atoms with E-state index < -0.39 is 11.8 Å². The van der Waals surface area contributed by atoms with Gasteiger partial charge in [-0.3, -0.25) is 24.2 Å². The van der Waals surface area contributed by atoms with E-state index in [1.165, 1.54) is 67.1 Å². The van der Waals surface area contributed by atoms with E-state index in [0.717, 1.165) is 34.6 Å². The van der Waals surface area contributed by atoms with Gasteiger partial charge in [0.05, 0.1) is 18.5 Å². The topological polar surface area (TPSA) is 88.2 Å². The van der Waals surface area contributed by atoms with E-state index in [1.54, 1.807) is 30.3 Å². The Balaban J connectivity index is 0.979. The van der Waals surface area contributed by atoms with Crippen molar-refractivity contribution in [2.45, 2.75) is 57.8 Å². The fourth-order valence-electron chi connectivity index (χ4n) is 9.40. The third-order valence-electron chi connectivity index (χ3n) is 11.7. The molecule has 0 aromatic heterocycles. The van der Waals surface area contributed by atoms with Crippen LogP contribution in [0.3, 0.4) is 0 Å². The van der Waals surface area contributed by atoms with Crippen LogP contribution in [-0.2, 0) is 19.8 Å². The summed E-state index contributed by atoms with van der Waals surface area (Å²) in [6.07, 6.45) is 9.66. The highest BCUT2D eigenvalue weighted by Gasteiger charge is 2.51. The molecule has 53 heavy (non-hydrogen) atoms. The number of para-hydroxylation sites is 1. The van der Waals surface area contributed by atoms with Crippen molar-refractivity contribution < 1.29 is 23.9 Å². The van der Waals surface area contributed by atoms with Gasteiger partial charge >= 0.3 is 0 Å². The number of nitrogens with one attached hydrogen (secondary N) is 1. The van der Waals surface area contributed by atoms with Crippen molar-refractivity contribution in [1.82, 2.24) is 0 Å². The summed E-state index contributed by atoms with van der Waals surface area (Å²) in [6, 6.07) is 28.2. The number of benzene rings is 4. The maximum atomic E-state index is 14.1. The third-order valence-corrected chi connectivity index (χ3v) is 12.1. The molecule has 1 heterocycles. The molecule has 9 heteroatoms. The maximum absolute atomic E-state index is 14.1. The van der Waals surface area contributed by atoms with E-state index in [4.69, 9.17) is 21.7 Å². The lowest BCUT2D eigenvalue weighted by atomic mass is 9.48. The molecule has 8 nitrogen and oxygen atoms in total. The van der Waals surface area contributed by atoms with Crippen LogP contribution in [0.5, 0.6) is 11.5 Å². The average molecular weight is 726 g/mol. The minimum absolute atomic E-state index is 0.0648. The second kappa shape index (κ2) is 13.9. The van der Waals surface area contributed by atoms with Crippen LogP contribution in [-0.4, -0.2) is 36.6 Å². The van der Waals surface area contributed by atoms with Crippen molar-refractivity contribution in [3.8, 4) is 11.5 Å². The summed E-state index contributed by atoms with van der Waals surface area (Å²) in [7, 11) is 1.50. The van der Waals surface area contributed by atoms with Crippen LogP contribution < -0.4 is 24.6 Å². The first-order valence-electron chi connectivity index (χ1n) is 18.4. The largest absolute Gasteiger partial charge is 0.493 e. The molecule has 0 unspecified atom stereocenters. The summed E-state index contributed by atoms with van der Waals surface area (Å²) >= 11 is 5.78. The van der Waals surface area contributed by atoms with Gasteiger partial charge in [0.25, 0.3) is 17.7 Å². The lowest BCUT2D eigenvalue weighted by molar-refractivity contribution is -0.121. The summed E-state index contributed by atoms with van der Waals surface area (Å²) in [5.41, 5.74) is 6.12.